The van der Waals surface area contributed by atoms with Crippen LogP contribution in [0.1, 0.15) is 0 Å². The second kappa shape index (κ2) is 5.48. The molecule has 27 heavy (non-hydrogen) atoms. The number of nitrogens with zero attached hydrogens (tertiary/aromatic N) is 1. The number of aromatic nitrogens is 1. The Morgan fingerprint density at radius 3 is 2.30 bits per heavy atom. The van der Waals surface area contributed by atoms with Crippen LogP contribution in [0.5, 0.6) is 0 Å². The molecule has 6 rings (SSSR count). The molecule has 0 radical (unpaired) electrons. The SMILES string of the molecule is Brc1cccc(-n2c3ccccc3c3cc4oc5ccccc5c4cc32)c1. The predicted molar refractivity (Wildman–Crippen MR) is 116 cm³/mol. The summed E-state index contributed by atoms with van der Waals surface area (Å²) in [5.41, 5.74) is 5.39. The fourth-order valence-corrected chi connectivity index (χ4v) is 4.47. The van der Waals surface area contributed by atoms with Crippen LogP contribution in [0.3, 0.4) is 0 Å². The lowest BCUT2D eigenvalue weighted by molar-refractivity contribution is 0.669. The molecule has 3 heteroatoms. The van der Waals surface area contributed by atoms with Crippen LogP contribution >= 0.6 is 15.9 Å². The van der Waals surface area contributed by atoms with Crippen LogP contribution in [0, 0.1) is 0 Å². The second-order valence-corrected chi connectivity index (χ2v) is 7.71. The first-order valence-corrected chi connectivity index (χ1v) is 9.69. The third kappa shape index (κ3) is 2.12. The first-order chi connectivity index (χ1) is 13.3. The summed E-state index contributed by atoms with van der Waals surface area (Å²) in [6, 6.07) is 29.6. The first-order valence-electron chi connectivity index (χ1n) is 8.90. The molecule has 0 aliphatic carbocycles. The molecule has 0 fully saturated rings. The number of halogens is 1. The molecule has 4 aromatic carbocycles. The van der Waals surface area contributed by atoms with E-state index in [0.717, 1.165) is 32.1 Å². The van der Waals surface area contributed by atoms with Gasteiger partial charge in [0.15, 0.2) is 0 Å². The summed E-state index contributed by atoms with van der Waals surface area (Å²) in [7, 11) is 0. The van der Waals surface area contributed by atoms with Gasteiger partial charge in [-0.25, -0.2) is 0 Å². The molecule has 6 aromatic rings. The van der Waals surface area contributed by atoms with Gasteiger partial charge in [-0.15, -0.1) is 0 Å². The van der Waals surface area contributed by atoms with E-state index in [-0.39, 0.29) is 0 Å². The predicted octanol–water partition coefficient (Wildman–Crippen LogP) is 7.45. The molecule has 0 bridgehead atoms. The van der Waals surface area contributed by atoms with Gasteiger partial charge in [-0.3, -0.25) is 0 Å². The molecule has 0 unspecified atom stereocenters. The van der Waals surface area contributed by atoms with Gasteiger partial charge >= 0.3 is 0 Å². The van der Waals surface area contributed by atoms with E-state index in [4.69, 9.17) is 4.42 Å². The van der Waals surface area contributed by atoms with Crippen molar-refractivity contribution in [3.63, 3.8) is 0 Å². The van der Waals surface area contributed by atoms with E-state index in [1.54, 1.807) is 0 Å². The lowest BCUT2D eigenvalue weighted by Crippen LogP contribution is -1.93. The number of hydrogen-bond donors (Lipinski definition) is 0. The van der Waals surface area contributed by atoms with Crippen LogP contribution in [0.25, 0.3) is 49.4 Å². The van der Waals surface area contributed by atoms with E-state index in [1.807, 2.05) is 12.1 Å². The first kappa shape index (κ1) is 15.1. The Morgan fingerprint density at radius 1 is 0.593 bits per heavy atom. The smallest absolute Gasteiger partial charge is 0.136 e. The van der Waals surface area contributed by atoms with Gasteiger partial charge in [-0.05, 0) is 42.5 Å². The topological polar surface area (TPSA) is 18.1 Å². The number of para-hydroxylation sites is 2. The summed E-state index contributed by atoms with van der Waals surface area (Å²) in [4.78, 5) is 0. The standard InChI is InChI=1S/C24H14BrNO/c25-15-6-5-7-16(12-15)26-21-10-3-1-8-17(21)19-14-24-20(13-22(19)26)18-9-2-4-11-23(18)27-24/h1-14H. The average Bonchev–Trinajstić information content (AvgIpc) is 3.21. The molecule has 2 aromatic heterocycles. The maximum Gasteiger partial charge on any atom is 0.136 e. The Bertz CT molecular complexity index is 1490. The van der Waals surface area contributed by atoms with E-state index in [1.165, 1.54) is 21.8 Å². The number of benzene rings is 4. The van der Waals surface area contributed by atoms with Gasteiger partial charge in [-0.2, -0.15) is 0 Å². The van der Waals surface area contributed by atoms with Crippen LogP contribution in [0.15, 0.2) is 93.8 Å². The average molecular weight is 412 g/mol. The van der Waals surface area contributed by atoms with Gasteiger partial charge in [0.1, 0.15) is 11.2 Å². The third-order valence-corrected chi connectivity index (χ3v) is 5.73. The van der Waals surface area contributed by atoms with Gasteiger partial charge in [0.2, 0.25) is 0 Å². The van der Waals surface area contributed by atoms with Crippen LogP contribution in [-0.4, -0.2) is 4.57 Å². The highest BCUT2D eigenvalue weighted by Crippen LogP contribution is 2.38. The lowest BCUT2D eigenvalue weighted by Gasteiger charge is -2.08. The maximum absolute atomic E-state index is 6.13. The van der Waals surface area contributed by atoms with Gasteiger partial charge in [0, 0.05) is 31.7 Å². The molecule has 0 aliphatic heterocycles. The molecule has 0 saturated carbocycles. The van der Waals surface area contributed by atoms with Gasteiger partial charge < -0.3 is 8.98 Å². The third-order valence-electron chi connectivity index (χ3n) is 5.24. The molecule has 0 atom stereocenters. The molecule has 0 N–H and O–H groups in total. The number of furan rings is 1. The second-order valence-electron chi connectivity index (χ2n) is 6.80. The normalized spacial score (nSPS) is 11.9. The van der Waals surface area contributed by atoms with Crippen molar-refractivity contribution in [3.8, 4) is 5.69 Å². The van der Waals surface area contributed by atoms with E-state index in [2.05, 4.69) is 93.3 Å². The van der Waals surface area contributed by atoms with E-state index >= 15 is 0 Å². The Balaban J connectivity index is 1.84. The minimum absolute atomic E-state index is 0.929. The van der Waals surface area contributed by atoms with Crippen molar-refractivity contribution in [1.29, 1.82) is 0 Å². The Hall–Kier alpha value is -3.04. The van der Waals surface area contributed by atoms with Crippen molar-refractivity contribution in [2.45, 2.75) is 0 Å². The van der Waals surface area contributed by atoms with Crippen LogP contribution in [0.2, 0.25) is 0 Å². The number of fused-ring (bicyclic) bond motifs is 6. The Morgan fingerprint density at radius 2 is 1.41 bits per heavy atom. The van der Waals surface area contributed by atoms with Crippen LogP contribution < -0.4 is 0 Å². The van der Waals surface area contributed by atoms with Gasteiger partial charge in [0.05, 0.1) is 11.0 Å². The number of rotatable bonds is 1. The minimum Gasteiger partial charge on any atom is -0.456 e. The van der Waals surface area contributed by atoms with E-state index < -0.39 is 0 Å². The molecule has 128 valence electrons. The van der Waals surface area contributed by atoms with Crippen molar-refractivity contribution in [2.24, 2.45) is 0 Å². The van der Waals surface area contributed by atoms with E-state index in [0.29, 0.717) is 0 Å². The molecular formula is C24H14BrNO. The highest BCUT2D eigenvalue weighted by molar-refractivity contribution is 9.10. The highest BCUT2D eigenvalue weighted by atomic mass is 79.9. The lowest BCUT2D eigenvalue weighted by atomic mass is 10.1. The maximum atomic E-state index is 6.13. The summed E-state index contributed by atoms with van der Waals surface area (Å²) < 4.78 is 9.53. The monoisotopic (exact) mass is 411 g/mol. The molecule has 0 saturated heterocycles. The summed E-state index contributed by atoms with van der Waals surface area (Å²) in [6.45, 7) is 0. The number of hydrogen-bond acceptors (Lipinski definition) is 1. The minimum atomic E-state index is 0.929. The van der Waals surface area contributed by atoms with Crippen molar-refractivity contribution in [3.05, 3.63) is 89.4 Å². The summed E-state index contributed by atoms with van der Waals surface area (Å²) in [5.74, 6) is 0. The van der Waals surface area contributed by atoms with Gasteiger partial charge in [0.25, 0.3) is 0 Å². The van der Waals surface area contributed by atoms with Crippen molar-refractivity contribution in [1.82, 2.24) is 4.57 Å². The molecule has 0 amide bonds. The largest absolute Gasteiger partial charge is 0.456 e. The highest BCUT2D eigenvalue weighted by Gasteiger charge is 2.15. The summed E-state index contributed by atoms with van der Waals surface area (Å²) in [6.07, 6.45) is 0. The summed E-state index contributed by atoms with van der Waals surface area (Å²) in [5, 5.41) is 4.74. The van der Waals surface area contributed by atoms with E-state index in [9.17, 15) is 0 Å². The van der Waals surface area contributed by atoms with Crippen LogP contribution in [0.4, 0.5) is 0 Å². The zero-order chi connectivity index (χ0) is 18.0. The zero-order valence-corrected chi connectivity index (χ0v) is 15.9. The molecule has 0 aliphatic rings. The fourth-order valence-electron chi connectivity index (χ4n) is 4.08. The van der Waals surface area contributed by atoms with Crippen molar-refractivity contribution in [2.75, 3.05) is 0 Å². The Kier molecular flexibility index (Phi) is 3.06. The zero-order valence-electron chi connectivity index (χ0n) is 14.3. The molecule has 2 nitrogen and oxygen atoms in total. The molecular weight excluding hydrogens is 398 g/mol. The van der Waals surface area contributed by atoms with Crippen LogP contribution in [-0.2, 0) is 0 Å². The molecule has 2 heterocycles. The van der Waals surface area contributed by atoms with Crippen molar-refractivity contribution >= 4 is 59.7 Å². The quantitative estimate of drug-likeness (QED) is 0.274. The molecule has 0 spiro atoms. The Labute approximate surface area is 163 Å². The van der Waals surface area contributed by atoms with Gasteiger partial charge in [-0.1, -0.05) is 58.4 Å². The fraction of sp³-hybridized carbons (Fsp3) is 0. The summed E-state index contributed by atoms with van der Waals surface area (Å²) >= 11 is 3.61. The van der Waals surface area contributed by atoms with Crippen molar-refractivity contribution < 1.29 is 4.42 Å².